The van der Waals surface area contributed by atoms with Crippen LogP contribution in [0.1, 0.15) is 19.3 Å². The molecule has 0 unspecified atom stereocenters. The molecule has 5 nitrogen and oxygen atoms in total. The van der Waals surface area contributed by atoms with Gasteiger partial charge < -0.3 is 10.6 Å². The molecule has 1 amide bonds. The lowest BCUT2D eigenvalue weighted by Crippen LogP contribution is -2.39. The van der Waals surface area contributed by atoms with Crippen molar-refractivity contribution in [2.24, 2.45) is 0 Å². The van der Waals surface area contributed by atoms with Crippen LogP contribution in [0.4, 0.5) is 5.69 Å². The van der Waals surface area contributed by atoms with Crippen LogP contribution in [0.2, 0.25) is 0 Å². The molecule has 1 saturated heterocycles. The van der Waals surface area contributed by atoms with Crippen LogP contribution in [0.25, 0.3) is 0 Å². The van der Waals surface area contributed by atoms with Gasteiger partial charge in [-0.3, -0.25) is 4.79 Å². The maximum absolute atomic E-state index is 12.3. The van der Waals surface area contributed by atoms with E-state index in [-0.39, 0.29) is 10.8 Å². The van der Waals surface area contributed by atoms with E-state index in [1.807, 2.05) is 0 Å². The summed E-state index contributed by atoms with van der Waals surface area (Å²) in [6, 6.07) is 4.47. The van der Waals surface area contributed by atoms with E-state index in [9.17, 15) is 13.2 Å². The summed E-state index contributed by atoms with van der Waals surface area (Å²) in [7, 11) is -3.65. The maximum Gasteiger partial charge on any atom is 0.238 e. The van der Waals surface area contributed by atoms with Crippen LogP contribution in [-0.2, 0) is 14.6 Å². The summed E-state index contributed by atoms with van der Waals surface area (Å²) < 4.78 is 25.0. The van der Waals surface area contributed by atoms with Gasteiger partial charge in [0.15, 0.2) is 9.84 Å². The van der Waals surface area contributed by atoms with Gasteiger partial charge in [-0.1, -0.05) is 0 Å². The number of sulfone groups is 1. The number of piperidine rings is 1. The predicted molar refractivity (Wildman–Crippen MR) is 81.0 cm³/mol. The maximum atomic E-state index is 12.3. The van der Waals surface area contributed by atoms with Crippen molar-refractivity contribution in [3.63, 3.8) is 0 Å². The fourth-order valence-corrected chi connectivity index (χ4v) is 4.68. The second kappa shape index (κ2) is 6.13. The molecule has 0 spiro atoms. The minimum absolute atomic E-state index is 0.108. The van der Waals surface area contributed by atoms with Gasteiger partial charge >= 0.3 is 0 Å². The number of amides is 1. The van der Waals surface area contributed by atoms with Gasteiger partial charge in [0, 0.05) is 23.2 Å². The standard InChI is InChI=1S/C13H17BrN2O3S/c14-11-8-10(15)4-5-12(11)20(18,19)9-13(17)16-6-2-1-3-7-16/h4-5,8H,1-3,6-7,9,15H2. The first kappa shape index (κ1) is 15.3. The number of carbonyl (C=O) groups excluding carboxylic acids is 1. The van der Waals surface area contributed by atoms with E-state index in [0.717, 1.165) is 19.3 Å². The van der Waals surface area contributed by atoms with Crippen LogP contribution >= 0.6 is 15.9 Å². The monoisotopic (exact) mass is 360 g/mol. The molecule has 1 aliphatic heterocycles. The highest BCUT2D eigenvalue weighted by molar-refractivity contribution is 9.10. The topological polar surface area (TPSA) is 80.5 Å². The Morgan fingerprint density at radius 3 is 2.50 bits per heavy atom. The average molecular weight is 361 g/mol. The molecule has 2 rings (SSSR count). The van der Waals surface area contributed by atoms with E-state index >= 15 is 0 Å². The van der Waals surface area contributed by atoms with Crippen molar-refractivity contribution in [2.45, 2.75) is 24.2 Å². The van der Waals surface area contributed by atoms with Crippen molar-refractivity contribution in [2.75, 3.05) is 24.6 Å². The SMILES string of the molecule is Nc1ccc(S(=O)(=O)CC(=O)N2CCCCC2)c(Br)c1. The van der Waals surface area contributed by atoms with Crippen LogP contribution in [0.3, 0.4) is 0 Å². The number of halogens is 1. The van der Waals surface area contributed by atoms with E-state index < -0.39 is 15.6 Å². The number of benzene rings is 1. The van der Waals surface area contributed by atoms with Gasteiger partial charge in [0.05, 0.1) is 4.90 Å². The molecule has 1 fully saturated rings. The van der Waals surface area contributed by atoms with Gasteiger partial charge in [0.25, 0.3) is 0 Å². The molecule has 0 aromatic heterocycles. The lowest BCUT2D eigenvalue weighted by Gasteiger charge is -2.26. The zero-order valence-corrected chi connectivity index (χ0v) is 13.4. The van der Waals surface area contributed by atoms with E-state index in [2.05, 4.69) is 15.9 Å². The van der Waals surface area contributed by atoms with Gasteiger partial charge in [-0.2, -0.15) is 0 Å². The first-order chi connectivity index (χ1) is 9.40. The summed E-state index contributed by atoms with van der Waals surface area (Å²) in [5, 5.41) is 0. The third-order valence-electron chi connectivity index (χ3n) is 3.31. The third-order valence-corrected chi connectivity index (χ3v) is 5.88. The summed E-state index contributed by atoms with van der Waals surface area (Å²) in [5.74, 6) is -0.816. The molecule has 0 bridgehead atoms. The van der Waals surface area contributed by atoms with E-state index in [1.54, 1.807) is 4.90 Å². The zero-order valence-electron chi connectivity index (χ0n) is 11.0. The smallest absolute Gasteiger partial charge is 0.238 e. The van der Waals surface area contributed by atoms with Crippen LogP contribution < -0.4 is 5.73 Å². The highest BCUT2D eigenvalue weighted by atomic mass is 79.9. The summed E-state index contributed by atoms with van der Waals surface area (Å²) in [6.45, 7) is 1.30. The van der Waals surface area contributed by atoms with Crippen molar-refractivity contribution < 1.29 is 13.2 Å². The van der Waals surface area contributed by atoms with Gasteiger partial charge in [0.2, 0.25) is 5.91 Å². The highest BCUT2D eigenvalue weighted by Gasteiger charge is 2.26. The van der Waals surface area contributed by atoms with Gasteiger partial charge in [0.1, 0.15) is 5.75 Å². The number of likely N-dealkylation sites (tertiary alicyclic amines) is 1. The van der Waals surface area contributed by atoms with Gasteiger partial charge in [-0.05, 0) is 53.4 Å². The van der Waals surface area contributed by atoms with E-state index in [4.69, 9.17) is 5.73 Å². The van der Waals surface area contributed by atoms with Crippen molar-refractivity contribution in [3.05, 3.63) is 22.7 Å². The molecule has 1 aromatic rings. The van der Waals surface area contributed by atoms with Crippen LogP contribution in [0.5, 0.6) is 0 Å². The van der Waals surface area contributed by atoms with Crippen molar-refractivity contribution >= 4 is 37.4 Å². The molecule has 1 heterocycles. The van der Waals surface area contributed by atoms with Gasteiger partial charge in [-0.25, -0.2) is 8.42 Å². The molecule has 0 radical (unpaired) electrons. The normalized spacial score (nSPS) is 16.1. The number of carbonyl (C=O) groups is 1. The number of hydrogen-bond acceptors (Lipinski definition) is 4. The quantitative estimate of drug-likeness (QED) is 0.833. The molecule has 0 saturated carbocycles. The first-order valence-electron chi connectivity index (χ1n) is 6.46. The Hall–Kier alpha value is -1.08. The molecular weight excluding hydrogens is 344 g/mol. The number of rotatable bonds is 3. The number of anilines is 1. The van der Waals surface area contributed by atoms with Crippen molar-refractivity contribution in [1.29, 1.82) is 0 Å². The molecule has 1 aromatic carbocycles. The number of nitrogens with zero attached hydrogens (tertiary/aromatic N) is 1. The molecule has 110 valence electrons. The summed E-state index contributed by atoms with van der Waals surface area (Å²) >= 11 is 3.18. The molecular formula is C13H17BrN2O3S. The largest absolute Gasteiger partial charge is 0.399 e. The van der Waals surface area contributed by atoms with Crippen LogP contribution in [0, 0.1) is 0 Å². The van der Waals surface area contributed by atoms with E-state index in [1.165, 1.54) is 18.2 Å². The Bertz CT molecular complexity index is 610. The Labute approximate surface area is 127 Å². The minimum atomic E-state index is -3.65. The summed E-state index contributed by atoms with van der Waals surface area (Å²) in [6.07, 6.45) is 2.98. The van der Waals surface area contributed by atoms with Gasteiger partial charge in [-0.15, -0.1) is 0 Å². The zero-order chi connectivity index (χ0) is 14.8. The lowest BCUT2D eigenvalue weighted by atomic mass is 10.1. The Balaban J connectivity index is 2.16. The minimum Gasteiger partial charge on any atom is -0.399 e. The molecule has 20 heavy (non-hydrogen) atoms. The molecule has 1 aliphatic rings. The molecule has 0 atom stereocenters. The fourth-order valence-electron chi connectivity index (χ4n) is 2.24. The Morgan fingerprint density at radius 2 is 1.90 bits per heavy atom. The Kier molecular flexibility index (Phi) is 4.70. The molecule has 7 heteroatoms. The van der Waals surface area contributed by atoms with E-state index in [0.29, 0.717) is 23.2 Å². The number of nitrogen functional groups attached to an aromatic ring is 1. The predicted octanol–water partition coefficient (Wildman–Crippen LogP) is 1.82. The second-order valence-corrected chi connectivity index (χ2v) is 7.70. The highest BCUT2D eigenvalue weighted by Crippen LogP contribution is 2.25. The Morgan fingerprint density at radius 1 is 1.25 bits per heavy atom. The first-order valence-corrected chi connectivity index (χ1v) is 8.90. The fraction of sp³-hybridized carbons (Fsp3) is 0.462. The number of hydrogen-bond donors (Lipinski definition) is 1. The second-order valence-electron chi connectivity index (χ2n) is 4.89. The summed E-state index contributed by atoms with van der Waals surface area (Å²) in [5.41, 5.74) is 6.06. The van der Waals surface area contributed by atoms with Crippen LogP contribution in [0.15, 0.2) is 27.6 Å². The average Bonchev–Trinajstić information content (AvgIpc) is 2.38. The molecule has 0 aliphatic carbocycles. The lowest BCUT2D eigenvalue weighted by molar-refractivity contribution is -0.129. The third kappa shape index (κ3) is 3.52. The summed E-state index contributed by atoms with van der Waals surface area (Å²) in [4.78, 5) is 13.8. The van der Waals surface area contributed by atoms with Crippen LogP contribution in [-0.4, -0.2) is 38.1 Å². The van der Waals surface area contributed by atoms with Crippen molar-refractivity contribution in [3.8, 4) is 0 Å². The number of nitrogens with two attached hydrogens (primary N) is 1. The molecule has 2 N–H and O–H groups in total. The van der Waals surface area contributed by atoms with Crippen molar-refractivity contribution in [1.82, 2.24) is 4.90 Å².